The second-order valence-electron chi connectivity index (χ2n) is 1.58. The summed E-state index contributed by atoms with van der Waals surface area (Å²) in [6, 6.07) is 0. The van der Waals surface area contributed by atoms with Crippen molar-refractivity contribution in [3.8, 4) is 0 Å². The van der Waals surface area contributed by atoms with Crippen molar-refractivity contribution in [2.24, 2.45) is 10.9 Å². The van der Waals surface area contributed by atoms with Crippen molar-refractivity contribution in [2.45, 2.75) is 6.92 Å². The zero-order valence-electron chi connectivity index (χ0n) is 5.18. The van der Waals surface area contributed by atoms with E-state index >= 15 is 0 Å². The highest BCUT2D eigenvalue weighted by molar-refractivity contribution is 7.34. The Kier molecular flexibility index (Phi) is 2.08. The van der Waals surface area contributed by atoms with Crippen molar-refractivity contribution >= 4 is 14.8 Å². The third-order valence-corrected chi connectivity index (χ3v) is 1.58. The third kappa shape index (κ3) is 1.43. The van der Waals surface area contributed by atoms with E-state index in [1.165, 1.54) is 0 Å². The zero-order valence-corrected chi connectivity index (χ0v) is 6.18. The van der Waals surface area contributed by atoms with Crippen LogP contribution in [0.25, 0.3) is 0 Å². The van der Waals surface area contributed by atoms with Crippen LogP contribution >= 0.6 is 8.88 Å². The molecule has 1 unspecified atom stereocenters. The van der Waals surface area contributed by atoms with E-state index in [1.54, 1.807) is 5.01 Å². The average molecular weight is 147 g/mol. The predicted molar refractivity (Wildman–Crippen MR) is 38.6 cm³/mol. The third-order valence-electron chi connectivity index (χ3n) is 1.00. The van der Waals surface area contributed by atoms with Gasteiger partial charge in [0.05, 0.1) is 8.88 Å². The Morgan fingerprint density at radius 3 is 3.11 bits per heavy atom. The summed E-state index contributed by atoms with van der Waals surface area (Å²) in [5.74, 6) is 6.20. The van der Waals surface area contributed by atoms with Crippen LogP contribution in [0, 0.1) is 0 Å². The van der Waals surface area contributed by atoms with Gasteiger partial charge in [-0.05, 0) is 6.92 Å². The van der Waals surface area contributed by atoms with Gasteiger partial charge < -0.3 is 5.09 Å². The summed E-state index contributed by atoms with van der Waals surface area (Å²) < 4.78 is 0. The Labute approximate surface area is 55.5 Å². The normalized spacial score (nSPS) is 18.7. The molecule has 0 bridgehead atoms. The first-order chi connectivity index (χ1) is 4.34. The molecule has 4 N–H and O–H groups in total. The maximum absolute atomic E-state index is 5.48. The molecule has 0 saturated carbocycles. The summed E-state index contributed by atoms with van der Waals surface area (Å²) in [6.45, 7) is 2.73. The van der Waals surface area contributed by atoms with Crippen molar-refractivity contribution in [1.82, 2.24) is 15.3 Å². The molecule has 6 heteroatoms. The van der Waals surface area contributed by atoms with Gasteiger partial charge in [-0.1, -0.05) is 0 Å². The van der Waals surface area contributed by atoms with Crippen LogP contribution in [0.2, 0.25) is 0 Å². The summed E-state index contributed by atoms with van der Waals surface area (Å²) in [5.41, 5.74) is 0. The second-order valence-corrected chi connectivity index (χ2v) is 2.31. The molecule has 5 nitrogen and oxygen atoms in total. The van der Waals surface area contributed by atoms with E-state index in [9.17, 15) is 0 Å². The van der Waals surface area contributed by atoms with Gasteiger partial charge in [0.2, 0.25) is 5.96 Å². The molecule has 0 spiro atoms. The van der Waals surface area contributed by atoms with Gasteiger partial charge in [0.25, 0.3) is 0 Å². The highest BCUT2D eigenvalue weighted by atomic mass is 31.1. The lowest BCUT2D eigenvalue weighted by molar-refractivity contribution is 0.456. The summed E-state index contributed by atoms with van der Waals surface area (Å²) in [5, 5.41) is 11.2. The van der Waals surface area contributed by atoms with Gasteiger partial charge in [-0.2, -0.15) is 0 Å². The fraction of sp³-hybridized carbons (Fsp3) is 0.667. The van der Waals surface area contributed by atoms with Crippen LogP contribution in [0.15, 0.2) is 5.10 Å². The minimum Gasteiger partial charge on any atom is -0.317 e. The summed E-state index contributed by atoms with van der Waals surface area (Å²) in [7, 11) is 0.459. The number of nitrogens with two attached hydrogens (primary N) is 1. The molecule has 0 radical (unpaired) electrons. The van der Waals surface area contributed by atoms with E-state index < -0.39 is 0 Å². The molecule has 1 aliphatic rings. The van der Waals surface area contributed by atoms with E-state index in [0.717, 1.165) is 12.5 Å². The lowest BCUT2D eigenvalue weighted by Gasteiger charge is -2.13. The zero-order chi connectivity index (χ0) is 6.69. The first-order valence-electron chi connectivity index (χ1n) is 2.70. The van der Waals surface area contributed by atoms with Crippen LogP contribution in [0.4, 0.5) is 0 Å². The number of hydrogen-bond donors (Lipinski definition) is 3. The predicted octanol–water partition coefficient (Wildman–Crippen LogP) is -0.846. The van der Waals surface area contributed by atoms with E-state index in [-0.39, 0.29) is 0 Å². The van der Waals surface area contributed by atoms with E-state index in [0.29, 0.717) is 8.88 Å². The average Bonchev–Trinajstić information content (AvgIpc) is 2.37. The highest BCUT2D eigenvalue weighted by Crippen LogP contribution is 2.02. The van der Waals surface area contributed by atoms with Crippen LogP contribution in [0.3, 0.4) is 0 Å². The number of rotatable bonds is 1. The van der Waals surface area contributed by atoms with Crippen LogP contribution in [0.5, 0.6) is 0 Å². The first kappa shape index (κ1) is 6.58. The van der Waals surface area contributed by atoms with Gasteiger partial charge >= 0.3 is 0 Å². The molecule has 0 aromatic rings. The van der Waals surface area contributed by atoms with Crippen LogP contribution in [0.1, 0.15) is 6.92 Å². The Morgan fingerprint density at radius 1 is 1.89 bits per heavy atom. The molecular formula is C3H10N5P. The number of hydrazine groups is 1. The van der Waals surface area contributed by atoms with Gasteiger partial charge in [0.1, 0.15) is 0 Å². The Balaban J connectivity index is 2.40. The van der Waals surface area contributed by atoms with Crippen molar-refractivity contribution in [3.05, 3.63) is 0 Å². The molecule has 52 valence electrons. The number of hydrazone groups is 1. The molecule has 0 aromatic carbocycles. The Bertz CT molecular complexity index is 123. The number of nitrogens with zero attached hydrogens (tertiary/aromatic N) is 2. The molecule has 1 atom stereocenters. The minimum atomic E-state index is 0.459. The molecule has 0 saturated heterocycles. The van der Waals surface area contributed by atoms with Crippen LogP contribution < -0.4 is 16.1 Å². The fourth-order valence-electron chi connectivity index (χ4n) is 0.478. The van der Waals surface area contributed by atoms with Crippen molar-refractivity contribution in [2.75, 3.05) is 6.54 Å². The smallest absolute Gasteiger partial charge is 0.235 e. The Morgan fingerprint density at radius 2 is 2.67 bits per heavy atom. The van der Waals surface area contributed by atoms with Crippen molar-refractivity contribution in [3.63, 3.8) is 0 Å². The summed E-state index contributed by atoms with van der Waals surface area (Å²) in [4.78, 5) is 0. The van der Waals surface area contributed by atoms with Crippen LogP contribution in [-0.2, 0) is 0 Å². The maximum atomic E-state index is 5.48. The highest BCUT2D eigenvalue weighted by Gasteiger charge is 2.07. The minimum absolute atomic E-state index is 0.459. The fourth-order valence-corrected chi connectivity index (χ4v) is 1.01. The number of guanidine groups is 1. The summed E-state index contributed by atoms with van der Waals surface area (Å²) >= 11 is 0. The molecular weight excluding hydrogens is 137 g/mol. The number of hydrogen-bond acceptors (Lipinski definition) is 5. The second kappa shape index (κ2) is 2.85. The SMILES string of the molecule is CCN(N)C1=NNPN1. The van der Waals surface area contributed by atoms with Gasteiger partial charge in [-0.25, -0.2) is 5.84 Å². The molecule has 0 aromatic heterocycles. The molecule has 0 aliphatic carbocycles. The largest absolute Gasteiger partial charge is 0.317 e. The molecule has 1 rings (SSSR count). The monoisotopic (exact) mass is 147 g/mol. The lowest BCUT2D eigenvalue weighted by atomic mass is 10.7. The lowest BCUT2D eigenvalue weighted by Crippen LogP contribution is -2.41. The maximum Gasteiger partial charge on any atom is 0.235 e. The number of nitrogens with one attached hydrogen (secondary N) is 2. The first-order valence-corrected chi connectivity index (χ1v) is 3.70. The topological polar surface area (TPSA) is 65.7 Å². The standard InChI is InChI=1S/C3H10N5P/c1-2-8(4)3-5-7-9-6-3/h7,9H,2,4H2,1H3,(H,5,6). The quantitative estimate of drug-likeness (QED) is 0.257. The van der Waals surface area contributed by atoms with Crippen LogP contribution in [-0.4, -0.2) is 17.5 Å². The van der Waals surface area contributed by atoms with Gasteiger partial charge in [0.15, 0.2) is 0 Å². The molecule has 1 heterocycles. The van der Waals surface area contributed by atoms with Crippen molar-refractivity contribution in [1.29, 1.82) is 0 Å². The van der Waals surface area contributed by atoms with Gasteiger partial charge in [0, 0.05) is 6.54 Å². The molecule has 1 aliphatic heterocycles. The molecule has 0 amide bonds. The van der Waals surface area contributed by atoms with Crippen molar-refractivity contribution < 1.29 is 0 Å². The van der Waals surface area contributed by atoms with Gasteiger partial charge in [-0.3, -0.25) is 10.2 Å². The Hall–Kier alpha value is -0.540. The van der Waals surface area contributed by atoms with Gasteiger partial charge in [-0.15, -0.1) is 5.10 Å². The van der Waals surface area contributed by atoms with E-state index in [2.05, 4.69) is 15.4 Å². The van der Waals surface area contributed by atoms with E-state index in [1.807, 2.05) is 6.92 Å². The summed E-state index contributed by atoms with van der Waals surface area (Å²) in [6.07, 6.45) is 0. The molecule has 9 heavy (non-hydrogen) atoms. The van der Waals surface area contributed by atoms with E-state index in [4.69, 9.17) is 5.84 Å². The molecule has 0 fully saturated rings.